The van der Waals surface area contributed by atoms with Crippen LogP contribution in [0.2, 0.25) is 0 Å². The van der Waals surface area contributed by atoms with Gasteiger partial charge in [0.2, 0.25) is 5.88 Å². The van der Waals surface area contributed by atoms with E-state index in [0.717, 1.165) is 17.0 Å². The summed E-state index contributed by atoms with van der Waals surface area (Å²) in [6.45, 7) is 11.0. The predicted octanol–water partition coefficient (Wildman–Crippen LogP) is 4.25. The number of nitrogens with zero attached hydrogens (tertiary/aromatic N) is 1. The van der Waals surface area contributed by atoms with Crippen LogP contribution in [0.15, 0.2) is 30.3 Å². The third-order valence-electron chi connectivity index (χ3n) is 3.57. The Labute approximate surface area is 127 Å². The molecule has 21 heavy (non-hydrogen) atoms. The van der Waals surface area contributed by atoms with Crippen LogP contribution >= 0.6 is 0 Å². The molecule has 0 bridgehead atoms. The van der Waals surface area contributed by atoms with Gasteiger partial charge < -0.3 is 10.5 Å². The quantitative estimate of drug-likeness (QED) is 0.916. The summed E-state index contributed by atoms with van der Waals surface area (Å²) in [5.41, 5.74) is 10.2. The van der Waals surface area contributed by atoms with E-state index in [1.807, 2.05) is 24.3 Å². The Balaban J connectivity index is 2.36. The van der Waals surface area contributed by atoms with Crippen molar-refractivity contribution in [3.8, 4) is 11.6 Å². The first-order valence-corrected chi connectivity index (χ1v) is 7.26. The van der Waals surface area contributed by atoms with Crippen molar-refractivity contribution in [2.75, 3.05) is 0 Å². The van der Waals surface area contributed by atoms with Crippen molar-refractivity contribution in [2.24, 2.45) is 5.73 Å². The zero-order valence-corrected chi connectivity index (χ0v) is 13.5. The van der Waals surface area contributed by atoms with Gasteiger partial charge in [0.25, 0.3) is 0 Å². The summed E-state index contributed by atoms with van der Waals surface area (Å²) in [5, 5.41) is 0. The molecule has 0 saturated heterocycles. The molecule has 0 fully saturated rings. The Morgan fingerprint density at radius 3 is 2.33 bits per heavy atom. The molecule has 0 amide bonds. The summed E-state index contributed by atoms with van der Waals surface area (Å²) < 4.78 is 5.93. The lowest BCUT2D eigenvalue weighted by Gasteiger charge is -2.19. The molecule has 0 radical (unpaired) electrons. The van der Waals surface area contributed by atoms with E-state index in [-0.39, 0.29) is 5.41 Å². The van der Waals surface area contributed by atoms with E-state index in [1.165, 1.54) is 11.1 Å². The number of rotatable bonds is 3. The second kappa shape index (κ2) is 5.86. The van der Waals surface area contributed by atoms with Gasteiger partial charge in [0, 0.05) is 18.0 Å². The summed E-state index contributed by atoms with van der Waals surface area (Å²) >= 11 is 0. The molecule has 2 N–H and O–H groups in total. The summed E-state index contributed by atoms with van der Waals surface area (Å²) in [6, 6.07) is 10.0. The van der Waals surface area contributed by atoms with Gasteiger partial charge in [0.1, 0.15) is 5.75 Å². The lowest BCUT2D eigenvalue weighted by molar-refractivity contribution is 0.450. The number of benzene rings is 1. The predicted molar refractivity (Wildman–Crippen MR) is 86.8 cm³/mol. The first-order chi connectivity index (χ1) is 9.79. The van der Waals surface area contributed by atoms with Crippen molar-refractivity contribution in [3.05, 3.63) is 52.7 Å². The van der Waals surface area contributed by atoms with Crippen LogP contribution in [0.5, 0.6) is 11.6 Å². The molecule has 1 heterocycles. The van der Waals surface area contributed by atoms with Gasteiger partial charge in [-0.1, -0.05) is 26.8 Å². The number of pyridine rings is 1. The number of aromatic nitrogens is 1. The van der Waals surface area contributed by atoms with Crippen LogP contribution in [0.25, 0.3) is 0 Å². The topological polar surface area (TPSA) is 48.1 Å². The van der Waals surface area contributed by atoms with Gasteiger partial charge in [-0.15, -0.1) is 0 Å². The largest absolute Gasteiger partial charge is 0.439 e. The number of nitrogens with two attached hydrogens (primary N) is 1. The Kier molecular flexibility index (Phi) is 4.33. The SMILES string of the molecule is Cc1ccc(Oc2cc(CN)cc(C(C)(C)C)n2)cc1C. The van der Waals surface area contributed by atoms with Crippen LogP contribution in [0.1, 0.15) is 43.2 Å². The molecule has 1 aromatic carbocycles. The molecule has 3 nitrogen and oxygen atoms in total. The van der Waals surface area contributed by atoms with E-state index >= 15 is 0 Å². The van der Waals surface area contributed by atoms with E-state index < -0.39 is 0 Å². The molecule has 0 unspecified atom stereocenters. The molecule has 3 heteroatoms. The molecule has 2 rings (SSSR count). The van der Waals surface area contributed by atoms with E-state index in [4.69, 9.17) is 10.5 Å². The maximum Gasteiger partial charge on any atom is 0.219 e. The highest BCUT2D eigenvalue weighted by Gasteiger charge is 2.17. The Hall–Kier alpha value is -1.87. The summed E-state index contributed by atoms with van der Waals surface area (Å²) in [5.74, 6) is 1.41. The highest BCUT2D eigenvalue weighted by atomic mass is 16.5. The van der Waals surface area contributed by atoms with E-state index in [0.29, 0.717) is 12.4 Å². The van der Waals surface area contributed by atoms with E-state index in [9.17, 15) is 0 Å². The first kappa shape index (κ1) is 15.5. The van der Waals surface area contributed by atoms with Crippen LogP contribution in [0.4, 0.5) is 0 Å². The van der Waals surface area contributed by atoms with Crippen LogP contribution in [-0.4, -0.2) is 4.98 Å². The fraction of sp³-hybridized carbons (Fsp3) is 0.389. The van der Waals surface area contributed by atoms with Gasteiger partial charge in [-0.25, -0.2) is 4.98 Å². The molecule has 0 atom stereocenters. The lowest BCUT2D eigenvalue weighted by Crippen LogP contribution is -2.15. The molecule has 0 aliphatic rings. The molecule has 112 valence electrons. The van der Waals surface area contributed by atoms with Crippen LogP contribution in [0, 0.1) is 13.8 Å². The first-order valence-electron chi connectivity index (χ1n) is 7.26. The van der Waals surface area contributed by atoms with Crippen molar-refractivity contribution >= 4 is 0 Å². The van der Waals surface area contributed by atoms with E-state index in [2.05, 4.69) is 45.7 Å². The minimum atomic E-state index is -0.0352. The van der Waals surface area contributed by atoms with E-state index in [1.54, 1.807) is 0 Å². The standard InChI is InChI=1S/C18H24N2O/c1-12-6-7-15(8-13(12)2)21-17-10-14(11-19)9-16(20-17)18(3,4)5/h6-10H,11,19H2,1-5H3. The summed E-state index contributed by atoms with van der Waals surface area (Å²) in [4.78, 5) is 4.62. The fourth-order valence-electron chi connectivity index (χ4n) is 2.01. The molecule has 2 aromatic rings. The summed E-state index contributed by atoms with van der Waals surface area (Å²) in [7, 11) is 0. The van der Waals surface area contributed by atoms with Crippen molar-refractivity contribution in [1.29, 1.82) is 0 Å². The third-order valence-corrected chi connectivity index (χ3v) is 3.57. The van der Waals surface area contributed by atoms with Gasteiger partial charge >= 0.3 is 0 Å². The molecule has 1 aromatic heterocycles. The monoisotopic (exact) mass is 284 g/mol. The smallest absolute Gasteiger partial charge is 0.219 e. The molecular formula is C18H24N2O. The number of hydrogen-bond acceptors (Lipinski definition) is 3. The average Bonchev–Trinajstić information content (AvgIpc) is 2.41. The van der Waals surface area contributed by atoms with Crippen molar-refractivity contribution < 1.29 is 4.74 Å². The molecule has 0 aliphatic carbocycles. The molecule has 0 spiro atoms. The molecule has 0 aliphatic heterocycles. The zero-order valence-electron chi connectivity index (χ0n) is 13.5. The van der Waals surface area contributed by atoms with Gasteiger partial charge in [-0.05, 0) is 48.7 Å². The molecular weight excluding hydrogens is 260 g/mol. The number of ether oxygens (including phenoxy) is 1. The Bertz CT molecular complexity index is 642. The highest BCUT2D eigenvalue weighted by molar-refractivity contribution is 5.37. The lowest BCUT2D eigenvalue weighted by atomic mass is 9.91. The minimum Gasteiger partial charge on any atom is -0.439 e. The Morgan fingerprint density at radius 2 is 1.76 bits per heavy atom. The fourth-order valence-corrected chi connectivity index (χ4v) is 2.01. The minimum absolute atomic E-state index is 0.0352. The zero-order chi connectivity index (χ0) is 15.6. The van der Waals surface area contributed by atoms with Crippen LogP contribution < -0.4 is 10.5 Å². The highest BCUT2D eigenvalue weighted by Crippen LogP contribution is 2.27. The van der Waals surface area contributed by atoms with Crippen LogP contribution in [0.3, 0.4) is 0 Å². The normalized spacial score (nSPS) is 11.5. The van der Waals surface area contributed by atoms with Crippen molar-refractivity contribution in [1.82, 2.24) is 4.98 Å². The number of hydrogen-bond donors (Lipinski definition) is 1. The average molecular weight is 284 g/mol. The summed E-state index contributed by atoms with van der Waals surface area (Å²) in [6.07, 6.45) is 0. The second-order valence-corrected chi connectivity index (χ2v) is 6.50. The second-order valence-electron chi connectivity index (χ2n) is 6.50. The maximum atomic E-state index is 5.93. The van der Waals surface area contributed by atoms with Crippen molar-refractivity contribution in [3.63, 3.8) is 0 Å². The van der Waals surface area contributed by atoms with Crippen molar-refractivity contribution in [2.45, 2.75) is 46.6 Å². The van der Waals surface area contributed by atoms with Gasteiger partial charge in [-0.3, -0.25) is 0 Å². The Morgan fingerprint density at radius 1 is 1.05 bits per heavy atom. The third kappa shape index (κ3) is 3.82. The van der Waals surface area contributed by atoms with Gasteiger partial charge in [-0.2, -0.15) is 0 Å². The maximum absolute atomic E-state index is 5.93. The van der Waals surface area contributed by atoms with Gasteiger partial charge in [0.15, 0.2) is 0 Å². The van der Waals surface area contributed by atoms with Gasteiger partial charge in [0.05, 0.1) is 5.69 Å². The van der Waals surface area contributed by atoms with Crippen LogP contribution in [-0.2, 0) is 12.0 Å². The molecule has 0 saturated carbocycles. The number of aryl methyl sites for hydroxylation is 2.